The van der Waals surface area contributed by atoms with Crippen LogP contribution in [0.25, 0.3) is 0 Å². The second-order valence-corrected chi connectivity index (χ2v) is 1.89. The van der Waals surface area contributed by atoms with Gasteiger partial charge in [0.25, 0.3) is 0 Å². The van der Waals surface area contributed by atoms with E-state index < -0.39 is 0 Å². The molecule has 0 saturated heterocycles. The molecule has 0 aromatic heterocycles. The molecule has 0 fully saturated rings. The lowest BCUT2D eigenvalue weighted by Crippen LogP contribution is -2.15. The van der Waals surface area contributed by atoms with Gasteiger partial charge in [0.1, 0.15) is 0 Å². The second kappa shape index (κ2) is 3.24. The van der Waals surface area contributed by atoms with E-state index in [1.807, 2.05) is 0 Å². The zero-order valence-electron chi connectivity index (χ0n) is 5.32. The molecule has 0 heterocycles. The van der Waals surface area contributed by atoms with Crippen molar-refractivity contribution in [2.75, 3.05) is 5.73 Å². The predicted molar refractivity (Wildman–Crippen MR) is 40.0 cm³/mol. The van der Waals surface area contributed by atoms with Crippen LogP contribution in [0.2, 0.25) is 0 Å². The summed E-state index contributed by atoms with van der Waals surface area (Å²) < 4.78 is 0. The Bertz CT molecular complexity index is 217. The molecule has 51 valence electrons. The van der Waals surface area contributed by atoms with Gasteiger partial charge in [-0.05, 0) is 17.6 Å². The lowest BCUT2D eigenvalue weighted by Gasteiger charge is -1.95. The maximum Gasteiger partial charge on any atom is 0.381 e. The van der Waals surface area contributed by atoms with Crippen molar-refractivity contribution in [1.82, 2.24) is 0 Å². The summed E-state index contributed by atoms with van der Waals surface area (Å²) >= 11 is 0. The predicted octanol–water partition coefficient (Wildman–Crippen LogP) is 0.00290. The Labute approximate surface area is 59.6 Å². The van der Waals surface area contributed by atoms with Gasteiger partial charge in [0.05, 0.1) is 0 Å². The smallest absolute Gasteiger partial charge is 0.381 e. The Hall–Kier alpha value is -0.995. The van der Waals surface area contributed by atoms with Gasteiger partial charge in [0.2, 0.25) is 0 Å². The molecule has 0 spiro atoms. The number of rotatable bonds is 2. The van der Waals surface area contributed by atoms with Crippen LogP contribution in [0.4, 0.5) is 5.69 Å². The zero-order chi connectivity index (χ0) is 7.40. The highest BCUT2D eigenvalue weighted by molar-refractivity contribution is 6.46. The average Bonchev–Trinajstić information content (AvgIpc) is 1.88. The van der Waals surface area contributed by atoms with E-state index in [1.165, 1.54) is 7.48 Å². The molecule has 3 N–H and O–H groups in total. The number of benzene rings is 1. The molecule has 1 aromatic rings. The molecular formula is C6H7BNO2. The minimum atomic E-state index is 0.644. The highest BCUT2D eigenvalue weighted by atomic mass is 17.1. The Morgan fingerprint density at radius 2 is 2.30 bits per heavy atom. The van der Waals surface area contributed by atoms with E-state index in [1.54, 1.807) is 24.3 Å². The van der Waals surface area contributed by atoms with Crippen LogP contribution in [-0.4, -0.2) is 12.7 Å². The van der Waals surface area contributed by atoms with Gasteiger partial charge in [0, 0.05) is 5.69 Å². The number of hydrogen-bond acceptors (Lipinski definition) is 3. The maximum atomic E-state index is 8.01. The van der Waals surface area contributed by atoms with E-state index in [2.05, 4.69) is 4.81 Å². The maximum absolute atomic E-state index is 8.01. The molecule has 0 aliphatic heterocycles. The van der Waals surface area contributed by atoms with Crippen molar-refractivity contribution in [2.45, 2.75) is 0 Å². The largest absolute Gasteiger partial charge is 0.399 e. The Morgan fingerprint density at radius 1 is 1.50 bits per heavy atom. The quantitative estimate of drug-likeness (QED) is 0.260. The van der Waals surface area contributed by atoms with Crippen LogP contribution < -0.4 is 11.2 Å². The lowest BCUT2D eigenvalue weighted by molar-refractivity contribution is -0.135. The third kappa shape index (κ3) is 1.75. The van der Waals surface area contributed by atoms with Crippen molar-refractivity contribution in [2.24, 2.45) is 0 Å². The Balaban J connectivity index is 2.75. The molecule has 0 aliphatic carbocycles. The molecule has 3 nitrogen and oxygen atoms in total. The summed E-state index contributed by atoms with van der Waals surface area (Å²) in [7, 11) is 1.20. The molecule has 0 aliphatic rings. The number of nitrogens with two attached hydrogens (primary N) is 1. The van der Waals surface area contributed by atoms with Crippen molar-refractivity contribution in [3.05, 3.63) is 24.3 Å². The Morgan fingerprint density at radius 3 is 2.90 bits per heavy atom. The van der Waals surface area contributed by atoms with Gasteiger partial charge in [-0.15, -0.1) is 0 Å². The molecule has 0 saturated carbocycles. The van der Waals surface area contributed by atoms with E-state index in [9.17, 15) is 0 Å². The standard InChI is InChI=1S/C6H7BNO2/c8-6-3-1-2-5(4-6)7-10-9/h1-4,9H,8H2. The first-order valence-electron chi connectivity index (χ1n) is 2.82. The van der Waals surface area contributed by atoms with Crippen LogP contribution in [0, 0.1) is 0 Å². The van der Waals surface area contributed by atoms with Crippen LogP contribution in [0.3, 0.4) is 0 Å². The fourth-order valence-electron chi connectivity index (χ4n) is 0.693. The van der Waals surface area contributed by atoms with Crippen molar-refractivity contribution < 1.29 is 10.1 Å². The van der Waals surface area contributed by atoms with Crippen molar-refractivity contribution in [3.8, 4) is 0 Å². The lowest BCUT2D eigenvalue weighted by atomic mass is 9.88. The summed E-state index contributed by atoms with van der Waals surface area (Å²) in [6.07, 6.45) is 0. The molecule has 0 unspecified atom stereocenters. The van der Waals surface area contributed by atoms with Gasteiger partial charge in [0.15, 0.2) is 0 Å². The van der Waals surface area contributed by atoms with Gasteiger partial charge < -0.3 is 10.5 Å². The van der Waals surface area contributed by atoms with Crippen molar-refractivity contribution >= 4 is 18.6 Å². The molecule has 0 atom stereocenters. The van der Waals surface area contributed by atoms with Crippen LogP contribution in [0.15, 0.2) is 24.3 Å². The molecule has 1 radical (unpaired) electrons. The van der Waals surface area contributed by atoms with Gasteiger partial charge in [-0.3, -0.25) is 5.26 Å². The fraction of sp³-hybridized carbons (Fsp3) is 0. The van der Waals surface area contributed by atoms with E-state index in [-0.39, 0.29) is 0 Å². The SMILES string of the molecule is Nc1cccc([B]OO)c1. The number of hydrogen-bond donors (Lipinski definition) is 2. The molecule has 4 heteroatoms. The van der Waals surface area contributed by atoms with Crippen LogP contribution >= 0.6 is 0 Å². The molecule has 1 rings (SSSR count). The molecule has 0 bridgehead atoms. The van der Waals surface area contributed by atoms with Crippen molar-refractivity contribution in [1.29, 1.82) is 0 Å². The number of nitrogen functional groups attached to an aromatic ring is 1. The van der Waals surface area contributed by atoms with E-state index in [0.717, 1.165) is 5.46 Å². The zero-order valence-corrected chi connectivity index (χ0v) is 5.32. The topological polar surface area (TPSA) is 55.5 Å². The molecule has 0 amide bonds. The molecule has 1 aromatic carbocycles. The summed E-state index contributed by atoms with van der Waals surface area (Å²) in [6.45, 7) is 0. The van der Waals surface area contributed by atoms with Gasteiger partial charge in [-0.1, -0.05) is 12.1 Å². The van der Waals surface area contributed by atoms with E-state index in [0.29, 0.717) is 5.69 Å². The van der Waals surface area contributed by atoms with Crippen LogP contribution in [-0.2, 0) is 4.81 Å². The van der Waals surface area contributed by atoms with Crippen LogP contribution in [0.1, 0.15) is 0 Å². The average molecular weight is 136 g/mol. The normalized spacial score (nSPS) is 9.30. The highest BCUT2D eigenvalue weighted by Gasteiger charge is 1.95. The summed E-state index contributed by atoms with van der Waals surface area (Å²) in [4.78, 5) is 3.80. The monoisotopic (exact) mass is 136 g/mol. The van der Waals surface area contributed by atoms with Gasteiger partial charge in [-0.25, -0.2) is 0 Å². The minimum absolute atomic E-state index is 0.644. The first-order valence-corrected chi connectivity index (χ1v) is 2.82. The van der Waals surface area contributed by atoms with Gasteiger partial charge in [-0.2, -0.15) is 0 Å². The summed E-state index contributed by atoms with van der Waals surface area (Å²) in [5, 5.41) is 8.01. The van der Waals surface area contributed by atoms with E-state index >= 15 is 0 Å². The number of anilines is 1. The third-order valence-electron chi connectivity index (χ3n) is 1.10. The minimum Gasteiger partial charge on any atom is -0.399 e. The van der Waals surface area contributed by atoms with Crippen molar-refractivity contribution in [3.63, 3.8) is 0 Å². The van der Waals surface area contributed by atoms with Gasteiger partial charge >= 0.3 is 7.48 Å². The van der Waals surface area contributed by atoms with Crippen LogP contribution in [0.5, 0.6) is 0 Å². The third-order valence-corrected chi connectivity index (χ3v) is 1.10. The Kier molecular flexibility index (Phi) is 2.31. The summed E-state index contributed by atoms with van der Waals surface area (Å²) in [5.74, 6) is 0. The summed E-state index contributed by atoms with van der Waals surface area (Å²) in [5.41, 5.74) is 6.81. The highest BCUT2D eigenvalue weighted by Crippen LogP contribution is 1.95. The first-order chi connectivity index (χ1) is 4.83. The second-order valence-electron chi connectivity index (χ2n) is 1.89. The fourth-order valence-corrected chi connectivity index (χ4v) is 0.693. The van der Waals surface area contributed by atoms with E-state index in [4.69, 9.17) is 11.0 Å². The molecular weight excluding hydrogens is 129 g/mol. The molecule has 10 heavy (non-hydrogen) atoms. The summed E-state index contributed by atoms with van der Waals surface area (Å²) in [6, 6.07) is 7.00. The first kappa shape index (κ1) is 7.12.